The molecule has 0 atom stereocenters. The molecule has 1 rings (SSSR count). The molecule has 0 aromatic carbocycles. The van der Waals surface area contributed by atoms with Gasteiger partial charge in [0.05, 0.1) is 0 Å². The van der Waals surface area contributed by atoms with E-state index in [4.69, 9.17) is 0 Å². The van der Waals surface area contributed by atoms with Gasteiger partial charge in [0.2, 0.25) is 5.91 Å². The highest BCUT2D eigenvalue weighted by atomic mass is 16.4. The van der Waals surface area contributed by atoms with Gasteiger partial charge in [-0.2, -0.15) is 0 Å². The number of carbonyl (C=O) groups is 3. The fourth-order valence-electron chi connectivity index (χ4n) is 1.28. The molecule has 3 amide bonds. The molecule has 0 aromatic heterocycles. The molecule has 7 nitrogen and oxygen atoms in total. The summed E-state index contributed by atoms with van der Waals surface area (Å²) in [5, 5.41) is 2.42. The summed E-state index contributed by atoms with van der Waals surface area (Å²) < 4.78 is 4.55. The van der Waals surface area contributed by atoms with Crippen molar-refractivity contribution >= 4 is 25.3 Å². The number of hydrogen-bond acceptors (Lipinski definition) is 5. The first-order valence-corrected chi connectivity index (χ1v) is 5.07. The average molecular weight is 238 g/mol. The molecular weight excluding hydrogens is 225 g/mol. The van der Waals surface area contributed by atoms with Gasteiger partial charge in [-0.3, -0.25) is 19.3 Å². The van der Waals surface area contributed by atoms with Crippen molar-refractivity contribution in [2.45, 2.75) is 12.8 Å². The second kappa shape index (κ2) is 6.82. The Balaban J connectivity index is 2.13. The topological polar surface area (TPSA) is 87.7 Å². The van der Waals surface area contributed by atoms with Gasteiger partial charge in [0.25, 0.3) is 11.8 Å². The zero-order valence-electron chi connectivity index (χ0n) is 9.43. The largest absolute Gasteiger partial charge is 0.426 e. The predicted molar refractivity (Wildman–Crippen MR) is 59.1 cm³/mol. The molecule has 1 aliphatic rings. The van der Waals surface area contributed by atoms with E-state index in [0.29, 0.717) is 6.42 Å². The van der Waals surface area contributed by atoms with Gasteiger partial charge in [-0.05, 0) is 6.42 Å². The van der Waals surface area contributed by atoms with Gasteiger partial charge < -0.3 is 10.1 Å². The number of nitrogens with zero attached hydrogens (tertiary/aromatic N) is 1. The van der Waals surface area contributed by atoms with Gasteiger partial charge in [-0.15, -0.1) is 0 Å². The summed E-state index contributed by atoms with van der Waals surface area (Å²) in [5.41, 5.74) is 2.36. The number of amides is 3. The van der Waals surface area contributed by atoms with Gasteiger partial charge in [-0.1, -0.05) is 0 Å². The van der Waals surface area contributed by atoms with Crippen LogP contribution in [0.4, 0.5) is 0 Å². The number of imide groups is 1. The van der Waals surface area contributed by atoms with Gasteiger partial charge in [-0.25, -0.2) is 5.34 Å². The molecular formula is C9H13BN3O4. The SMILES string of the molecule is CO[B]NNC(=O)CCCN1C(=O)C=CC1=O. The van der Waals surface area contributed by atoms with Crippen LogP contribution in [0.5, 0.6) is 0 Å². The molecule has 0 aliphatic carbocycles. The van der Waals surface area contributed by atoms with Crippen LogP contribution in [0.15, 0.2) is 12.2 Å². The lowest BCUT2D eigenvalue weighted by atomic mass is 10.2. The molecule has 0 spiro atoms. The Morgan fingerprint density at radius 1 is 1.41 bits per heavy atom. The number of hydrazine groups is 1. The van der Waals surface area contributed by atoms with E-state index in [1.807, 2.05) is 0 Å². The summed E-state index contributed by atoms with van der Waals surface area (Å²) in [6.45, 7) is 0.242. The van der Waals surface area contributed by atoms with Crippen LogP contribution in [0.1, 0.15) is 12.8 Å². The quantitative estimate of drug-likeness (QED) is 0.244. The molecule has 8 heteroatoms. The van der Waals surface area contributed by atoms with E-state index in [2.05, 4.69) is 15.4 Å². The number of rotatable bonds is 7. The van der Waals surface area contributed by atoms with E-state index in [9.17, 15) is 14.4 Å². The van der Waals surface area contributed by atoms with Crippen LogP contribution in [0, 0.1) is 0 Å². The predicted octanol–water partition coefficient (Wildman–Crippen LogP) is -1.51. The zero-order chi connectivity index (χ0) is 12.7. The highest BCUT2D eigenvalue weighted by Gasteiger charge is 2.22. The first-order chi connectivity index (χ1) is 8.15. The van der Waals surface area contributed by atoms with Gasteiger partial charge in [0.1, 0.15) is 0 Å². The fraction of sp³-hybridized carbons (Fsp3) is 0.444. The van der Waals surface area contributed by atoms with Crippen molar-refractivity contribution < 1.29 is 19.0 Å². The third kappa shape index (κ3) is 4.37. The van der Waals surface area contributed by atoms with Gasteiger partial charge in [0.15, 0.2) is 0 Å². The van der Waals surface area contributed by atoms with Crippen LogP contribution in [0.2, 0.25) is 0 Å². The average Bonchev–Trinajstić information content (AvgIpc) is 2.61. The Bertz CT molecular complexity index is 327. The smallest absolute Gasteiger partial charge is 0.415 e. The summed E-state index contributed by atoms with van der Waals surface area (Å²) in [4.78, 5) is 34.6. The van der Waals surface area contributed by atoms with E-state index < -0.39 is 0 Å². The molecule has 1 heterocycles. The first-order valence-electron chi connectivity index (χ1n) is 5.07. The van der Waals surface area contributed by atoms with Crippen LogP contribution in [0.25, 0.3) is 0 Å². The molecule has 0 aromatic rings. The molecule has 0 saturated carbocycles. The van der Waals surface area contributed by atoms with Gasteiger partial charge in [0, 0.05) is 32.2 Å². The van der Waals surface area contributed by atoms with Crippen molar-refractivity contribution in [3.8, 4) is 0 Å². The zero-order valence-corrected chi connectivity index (χ0v) is 9.43. The van der Waals surface area contributed by atoms with Crippen molar-refractivity contribution in [1.29, 1.82) is 0 Å². The highest BCUT2D eigenvalue weighted by molar-refractivity contribution is 6.23. The molecule has 0 unspecified atom stereocenters. The number of hydrogen-bond donors (Lipinski definition) is 2. The van der Waals surface area contributed by atoms with Crippen LogP contribution in [-0.4, -0.2) is 43.9 Å². The minimum absolute atomic E-state index is 0.210. The van der Waals surface area contributed by atoms with Crippen LogP contribution >= 0.6 is 0 Å². The molecule has 2 N–H and O–H groups in total. The van der Waals surface area contributed by atoms with Crippen molar-refractivity contribution in [3.63, 3.8) is 0 Å². The third-order valence-electron chi connectivity index (χ3n) is 2.07. The van der Waals surface area contributed by atoms with Crippen molar-refractivity contribution in [2.75, 3.05) is 13.7 Å². The number of nitrogens with one attached hydrogen (secondary N) is 2. The van der Waals surface area contributed by atoms with Crippen LogP contribution in [0.3, 0.4) is 0 Å². The summed E-state index contributed by atoms with van der Waals surface area (Å²) in [6, 6.07) is 0. The lowest BCUT2D eigenvalue weighted by Gasteiger charge is -2.13. The van der Waals surface area contributed by atoms with E-state index >= 15 is 0 Å². The third-order valence-corrected chi connectivity index (χ3v) is 2.07. The molecule has 1 aliphatic heterocycles. The standard InChI is InChI=1S/C9H13BN3O4/c1-17-10-12-11-7(14)3-2-6-13-8(15)4-5-9(13)16/h4-5,12H,2-3,6H2,1H3,(H,11,14). The van der Waals surface area contributed by atoms with E-state index in [1.54, 1.807) is 0 Å². The summed E-state index contributed by atoms with van der Waals surface area (Å²) in [5.74, 6) is -0.909. The maximum absolute atomic E-state index is 11.2. The van der Waals surface area contributed by atoms with E-state index in [0.717, 1.165) is 4.90 Å². The lowest BCUT2D eigenvalue weighted by molar-refractivity contribution is -0.137. The van der Waals surface area contributed by atoms with Gasteiger partial charge >= 0.3 is 7.62 Å². The van der Waals surface area contributed by atoms with Crippen LogP contribution in [-0.2, 0) is 19.0 Å². The monoisotopic (exact) mass is 238 g/mol. The minimum atomic E-state index is -0.332. The second-order valence-corrected chi connectivity index (χ2v) is 3.31. The summed E-state index contributed by atoms with van der Waals surface area (Å²) in [6.07, 6.45) is 3.07. The Morgan fingerprint density at radius 3 is 2.65 bits per heavy atom. The maximum Gasteiger partial charge on any atom is 0.415 e. The molecule has 17 heavy (non-hydrogen) atoms. The van der Waals surface area contributed by atoms with E-state index in [1.165, 1.54) is 26.9 Å². The molecule has 91 valence electrons. The molecule has 0 bridgehead atoms. The Morgan fingerprint density at radius 2 is 2.06 bits per heavy atom. The van der Waals surface area contributed by atoms with Crippen LogP contribution < -0.4 is 10.8 Å². The molecule has 0 saturated heterocycles. The number of carbonyl (C=O) groups excluding carboxylic acids is 3. The molecule has 0 fully saturated rings. The maximum atomic E-state index is 11.2. The Kier molecular flexibility index (Phi) is 5.37. The summed E-state index contributed by atoms with van der Waals surface area (Å²) in [7, 11) is 2.66. The summed E-state index contributed by atoms with van der Waals surface area (Å²) >= 11 is 0. The second-order valence-electron chi connectivity index (χ2n) is 3.31. The Hall–Kier alpha value is -1.67. The van der Waals surface area contributed by atoms with Crippen molar-refractivity contribution in [1.82, 2.24) is 15.7 Å². The van der Waals surface area contributed by atoms with Crippen molar-refractivity contribution in [3.05, 3.63) is 12.2 Å². The fourth-order valence-corrected chi connectivity index (χ4v) is 1.28. The highest BCUT2D eigenvalue weighted by Crippen LogP contribution is 2.05. The Labute approximate surface area is 99.4 Å². The lowest BCUT2D eigenvalue weighted by Crippen LogP contribution is -2.41. The normalized spacial score (nSPS) is 14.3. The molecule has 1 radical (unpaired) electrons. The minimum Gasteiger partial charge on any atom is -0.426 e. The van der Waals surface area contributed by atoms with E-state index in [-0.39, 0.29) is 30.7 Å². The van der Waals surface area contributed by atoms with Crippen molar-refractivity contribution in [2.24, 2.45) is 0 Å². The first kappa shape index (κ1) is 13.4.